The smallest absolute Gasteiger partial charge is 0.248 e. The molecule has 3 aromatic rings. The fourth-order valence-corrected chi connectivity index (χ4v) is 5.00. The Kier molecular flexibility index (Phi) is 6.87. The Morgan fingerprint density at radius 3 is 2.58 bits per heavy atom. The molecule has 1 saturated heterocycles. The van der Waals surface area contributed by atoms with E-state index < -0.39 is 10.0 Å². The van der Waals surface area contributed by atoms with Crippen molar-refractivity contribution in [1.82, 2.24) is 13.9 Å². The molecule has 4 rings (SSSR count). The third-order valence-electron chi connectivity index (χ3n) is 5.14. The lowest BCUT2D eigenvalue weighted by atomic mass is 10.2. The minimum absolute atomic E-state index is 0.00349. The van der Waals surface area contributed by atoms with Gasteiger partial charge in [0, 0.05) is 42.9 Å². The molecule has 1 fully saturated rings. The van der Waals surface area contributed by atoms with Crippen LogP contribution in [0.15, 0.2) is 72.2 Å². The SMILES string of the molecule is COc1ccc(NC(=O)/C=C/c2ccc(-n3ccnc3)cc2)cc1S(=O)(=O)N1CCOCC1. The highest BCUT2D eigenvalue weighted by molar-refractivity contribution is 7.89. The topological polar surface area (TPSA) is 103 Å². The van der Waals surface area contributed by atoms with Gasteiger partial charge in [-0.15, -0.1) is 0 Å². The molecular formula is C23H24N4O5S. The normalized spacial score (nSPS) is 14.9. The maximum Gasteiger partial charge on any atom is 0.248 e. The lowest BCUT2D eigenvalue weighted by molar-refractivity contribution is -0.111. The minimum atomic E-state index is -3.79. The molecule has 2 aromatic carbocycles. The zero-order valence-corrected chi connectivity index (χ0v) is 18.9. The number of hydrogen-bond donors (Lipinski definition) is 1. The fraction of sp³-hybridized carbons (Fsp3) is 0.217. The van der Waals surface area contributed by atoms with Gasteiger partial charge >= 0.3 is 0 Å². The van der Waals surface area contributed by atoms with Gasteiger partial charge in [0.05, 0.1) is 26.7 Å². The number of carbonyl (C=O) groups excluding carboxylic acids is 1. The number of carbonyl (C=O) groups is 1. The van der Waals surface area contributed by atoms with E-state index in [-0.39, 0.29) is 29.6 Å². The minimum Gasteiger partial charge on any atom is -0.495 e. The van der Waals surface area contributed by atoms with Crippen LogP contribution in [0.3, 0.4) is 0 Å². The van der Waals surface area contributed by atoms with Crippen molar-refractivity contribution < 1.29 is 22.7 Å². The van der Waals surface area contributed by atoms with Crippen molar-refractivity contribution in [2.45, 2.75) is 4.90 Å². The van der Waals surface area contributed by atoms with Crippen molar-refractivity contribution in [2.75, 3.05) is 38.7 Å². The van der Waals surface area contributed by atoms with Crippen LogP contribution in [0.2, 0.25) is 0 Å². The van der Waals surface area contributed by atoms with Gasteiger partial charge in [0.1, 0.15) is 10.6 Å². The Labute approximate surface area is 192 Å². The van der Waals surface area contributed by atoms with Gasteiger partial charge in [0.25, 0.3) is 0 Å². The van der Waals surface area contributed by atoms with Crippen molar-refractivity contribution >= 4 is 27.7 Å². The van der Waals surface area contributed by atoms with Gasteiger partial charge in [0.15, 0.2) is 0 Å². The van der Waals surface area contributed by atoms with Gasteiger partial charge in [-0.3, -0.25) is 4.79 Å². The average molecular weight is 469 g/mol. The van der Waals surface area contributed by atoms with Gasteiger partial charge < -0.3 is 19.4 Å². The lowest BCUT2D eigenvalue weighted by Crippen LogP contribution is -2.40. The van der Waals surface area contributed by atoms with Gasteiger partial charge in [-0.05, 0) is 42.0 Å². The first-order valence-electron chi connectivity index (χ1n) is 10.3. The molecule has 0 radical (unpaired) electrons. The molecule has 1 N–H and O–H groups in total. The maximum absolute atomic E-state index is 13.1. The molecule has 172 valence electrons. The van der Waals surface area contributed by atoms with Crippen LogP contribution in [0.1, 0.15) is 5.56 Å². The summed E-state index contributed by atoms with van der Waals surface area (Å²) in [5.41, 5.74) is 2.16. The average Bonchev–Trinajstić information content (AvgIpc) is 3.39. The molecule has 1 aliphatic heterocycles. The lowest BCUT2D eigenvalue weighted by Gasteiger charge is -2.26. The highest BCUT2D eigenvalue weighted by Crippen LogP contribution is 2.30. The van der Waals surface area contributed by atoms with E-state index in [1.165, 1.54) is 29.6 Å². The molecule has 0 spiro atoms. The number of methoxy groups -OCH3 is 1. The molecule has 9 nitrogen and oxygen atoms in total. The molecule has 1 aliphatic rings. The zero-order chi connectivity index (χ0) is 23.3. The number of rotatable bonds is 7. The number of amides is 1. The number of sulfonamides is 1. The summed E-state index contributed by atoms with van der Waals surface area (Å²) in [5, 5.41) is 2.71. The largest absolute Gasteiger partial charge is 0.495 e. The van der Waals surface area contributed by atoms with E-state index >= 15 is 0 Å². The number of nitrogens with zero attached hydrogens (tertiary/aromatic N) is 3. The van der Waals surface area contributed by atoms with Crippen LogP contribution < -0.4 is 10.1 Å². The number of anilines is 1. The van der Waals surface area contributed by atoms with Crippen LogP contribution in [0.25, 0.3) is 11.8 Å². The van der Waals surface area contributed by atoms with Crippen LogP contribution in [-0.4, -0.2) is 61.6 Å². The number of ether oxygens (including phenoxy) is 2. The van der Waals surface area contributed by atoms with E-state index in [2.05, 4.69) is 10.3 Å². The van der Waals surface area contributed by atoms with Gasteiger partial charge in [0.2, 0.25) is 15.9 Å². The van der Waals surface area contributed by atoms with Crippen molar-refractivity contribution in [3.63, 3.8) is 0 Å². The zero-order valence-electron chi connectivity index (χ0n) is 18.0. The highest BCUT2D eigenvalue weighted by Gasteiger charge is 2.29. The Morgan fingerprint density at radius 1 is 1.15 bits per heavy atom. The van der Waals surface area contributed by atoms with E-state index in [9.17, 15) is 13.2 Å². The van der Waals surface area contributed by atoms with Crippen molar-refractivity contribution in [3.05, 3.63) is 72.8 Å². The Bertz CT molecular complexity index is 1230. The summed E-state index contributed by atoms with van der Waals surface area (Å²) in [4.78, 5) is 16.5. The molecule has 1 aromatic heterocycles. The number of morpholine rings is 1. The molecular weight excluding hydrogens is 444 g/mol. The van der Waals surface area contributed by atoms with Crippen LogP contribution >= 0.6 is 0 Å². The Balaban J connectivity index is 1.47. The summed E-state index contributed by atoms with van der Waals surface area (Å²) in [6.07, 6.45) is 8.34. The summed E-state index contributed by atoms with van der Waals surface area (Å²) in [6.45, 7) is 1.22. The van der Waals surface area contributed by atoms with E-state index in [0.717, 1.165) is 11.3 Å². The number of aromatic nitrogens is 2. The van der Waals surface area contributed by atoms with E-state index in [1.54, 1.807) is 24.7 Å². The second-order valence-corrected chi connectivity index (χ2v) is 9.17. The number of hydrogen-bond acceptors (Lipinski definition) is 6. The molecule has 1 amide bonds. The number of imidazole rings is 1. The molecule has 2 heterocycles. The summed E-state index contributed by atoms with van der Waals surface area (Å²) in [6, 6.07) is 12.2. The van der Waals surface area contributed by atoms with Crippen LogP contribution in [0.5, 0.6) is 5.75 Å². The summed E-state index contributed by atoms with van der Waals surface area (Å²) < 4.78 is 39.9. The first-order chi connectivity index (χ1) is 16.0. The standard InChI is InChI=1S/C23H24N4O5S/c1-31-21-8-5-19(16-22(21)33(29,30)27-12-14-32-15-13-27)25-23(28)9-4-18-2-6-20(7-3-18)26-11-10-24-17-26/h2-11,16-17H,12-15H2,1H3,(H,25,28)/b9-4+. The van der Waals surface area contributed by atoms with Gasteiger partial charge in [-0.2, -0.15) is 4.31 Å². The maximum atomic E-state index is 13.1. The predicted octanol–water partition coefficient (Wildman–Crippen LogP) is 2.55. The summed E-state index contributed by atoms with van der Waals surface area (Å²) in [7, 11) is -2.38. The third-order valence-corrected chi connectivity index (χ3v) is 7.06. The fourth-order valence-electron chi connectivity index (χ4n) is 3.41. The predicted molar refractivity (Wildman–Crippen MR) is 124 cm³/mol. The third kappa shape index (κ3) is 5.30. The Hall–Kier alpha value is -3.47. The molecule has 0 unspecified atom stereocenters. The first kappa shape index (κ1) is 22.7. The molecule has 10 heteroatoms. The molecule has 0 atom stereocenters. The second-order valence-electron chi connectivity index (χ2n) is 7.27. The monoisotopic (exact) mass is 468 g/mol. The van der Waals surface area contributed by atoms with Gasteiger partial charge in [-0.1, -0.05) is 12.1 Å². The van der Waals surface area contributed by atoms with Crippen molar-refractivity contribution in [3.8, 4) is 11.4 Å². The van der Waals surface area contributed by atoms with Crippen molar-refractivity contribution in [1.29, 1.82) is 0 Å². The highest BCUT2D eigenvalue weighted by atomic mass is 32.2. The van der Waals surface area contributed by atoms with Gasteiger partial charge in [-0.25, -0.2) is 13.4 Å². The Morgan fingerprint density at radius 2 is 1.91 bits per heavy atom. The van der Waals surface area contributed by atoms with E-state index in [4.69, 9.17) is 9.47 Å². The van der Waals surface area contributed by atoms with E-state index in [1.807, 2.05) is 35.0 Å². The quantitative estimate of drug-likeness (QED) is 0.535. The van der Waals surface area contributed by atoms with E-state index in [0.29, 0.717) is 18.9 Å². The molecule has 33 heavy (non-hydrogen) atoms. The summed E-state index contributed by atoms with van der Waals surface area (Å²) in [5.74, 6) is -0.165. The van der Waals surface area contributed by atoms with Crippen LogP contribution in [-0.2, 0) is 19.6 Å². The van der Waals surface area contributed by atoms with Crippen molar-refractivity contribution in [2.24, 2.45) is 0 Å². The molecule has 0 aliphatic carbocycles. The van der Waals surface area contributed by atoms with Crippen LogP contribution in [0.4, 0.5) is 5.69 Å². The van der Waals surface area contributed by atoms with Crippen LogP contribution in [0, 0.1) is 0 Å². The number of benzene rings is 2. The first-order valence-corrected chi connectivity index (χ1v) is 11.7. The second kappa shape index (κ2) is 9.99. The summed E-state index contributed by atoms with van der Waals surface area (Å²) >= 11 is 0. The molecule has 0 saturated carbocycles. The molecule has 0 bridgehead atoms. The number of nitrogens with one attached hydrogen (secondary N) is 1.